The minimum Gasteiger partial charge on any atom is -0.396 e. The van der Waals surface area contributed by atoms with E-state index in [1.165, 1.54) is 15.6 Å². The predicted molar refractivity (Wildman–Crippen MR) is 76.5 cm³/mol. The molecule has 2 aromatic rings. The Morgan fingerprint density at radius 3 is 2.61 bits per heavy atom. The highest BCUT2D eigenvalue weighted by atomic mass is 19.4. The van der Waals surface area contributed by atoms with Crippen molar-refractivity contribution >= 4 is 11.6 Å². The van der Waals surface area contributed by atoms with Crippen LogP contribution in [0.15, 0.2) is 12.3 Å². The van der Waals surface area contributed by atoms with Crippen LogP contribution >= 0.6 is 0 Å². The van der Waals surface area contributed by atoms with Gasteiger partial charge in [0.25, 0.3) is 5.91 Å². The predicted octanol–water partition coefficient (Wildman–Crippen LogP) is 1.35. The zero-order valence-corrected chi connectivity index (χ0v) is 12.7. The van der Waals surface area contributed by atoms with Crippen LogP contribution in [0, 0.1) is 6.92 Å². The van der Waals surface area contributed by atoms with Crippen LogP contribution in [-0.2, 0) is 19.8 Å². The number of aromatic nitrogens is 4. The minimum atomic E-state index is -4.46. The fraction of sp³-hybridized carbons (Fsp3) is 0.462. The van der Waals surface area contributed by atoms with Gasteiger partial charge in [-0.25, -0.2) is 0 Å². The van der Waals surface area contributed by atoms with Crippen LogP contribution in [0.1, 0.15) is 28.3 Å². The number of nitrogens with one attached hydrogen (secondary N) is 1. The number of aryl methyl sites for hydroxylation is 3. The van der Waals surface area contributed by atoms with Crippen LogP contribution < -0.4 is 11.1 Å². The molecule has 0 spiro atoms. The lowest BCUT2D eigenvalue weighted by molar-refractivity contribution is -0.141. The first-order chi connectivity index (χ1) is 10.7. The van der Waals surface area contributed by atoms with Gasteiger partial charge in [-0.05, 0) is 19.4 Å². The Kier molecular flexibility index (Phi) is 4.62. The van der Waals surface area contributed by atoms with Gasteiger partial charge >= 0.3 is 6.18 Å². The standard InChI is InChI=1S/C13H17F3N6O/c1-8-6-10(13(14,15)16)19-22(8)5-3-4-18-12(23)11-9(17)7-21(2)20-11/h6-7H,3-5,17H2,1-2H3,(H,18,23). The SMILES string of the molecule is Cc1cc(C(F)(F)F)nn1CCCNC(=O)c1nn(C)cc1N. The van der Waals surface area contributed by atoms with Crippen LogP contribution in [-0.4, -0.2) is 32.0 Å². The molecule has 0 aliphatic rings. The number of rotatable bonds is 5. The van der Waals surface area contributed by atoms with Crippen molar-refractivity contribution in [1.29, 1.82) is 0 Å². The van der Waals surface area contributed by atoms with Crippen molar-refractivity contribution in [3.05, 3.63) is 29.3 Å². The third-order valence-corrected chi connectivity index (χ3v) is 3.18. The van der Waals surface area contributed by atoms with Crippen molar-refractivity contribution < 1.29 is 18.0 Å². The average Bonchev–Trinajstić information content (AvgIpc) is 2.97. The Morgan fingerprint density at radius 1 is 1.39 bits per heavy atom. The highest BCUT2D eigenvalue weighted by Gasteiger charge is 2.34. The second-order valence-corrected chi connectivity index (χ2v) is 5.11. The molecule has 1 amide bonds. The second kappa shape index (κ2) is 6.31. The molecular formula is C13H17F3N6O. The van der Waals surface area contributed by atoms with Gasteiger partial charge in [-0.1, -0.05) is 0 Å². The molecule has 0 radical (unpaired) electrons. The zero-order valence-electron chi connectivity index (χ0n) is 12.7. The molecule has 3 N–H and O–H groups in total. The maximum atomic E-state index is 12.5. The van der Waals surface area contributed by atoms with Gasteiger partial charge < -0.3 is 11.1 Å². The van der Waals surface area contributed by atoms with Gasteiger partial charge in [0.05, 0.1) is 5.69 Å². The summed E-state index contributed by atoms with van der Waals surface area (Å²) in [5.74, 6) is -0.420. The number of nitrogens with zero attached hydrogens (tertiary/aromatic N) is 4. The molecule has 0 atom stereocenters. The summed E-state index contributed by atoms with van der Waals surface area (Å²) >= 11 is 0. The highest BCUT2D eigenvalue weighted by Crippen LogP contribution is 2.28. The molecule has 2 aromatic heterocycles. The van der Waals surface area contributed by atoms with Crippen molar-refractivity contribution in [3.8, 4) is 0 Å². The largest absolute Gasteiger partial charge is 0.435 e. The maximum Gasteiger partial charge on any atom is 0.435 e. The molecule has 7 nitrogen and oxygen atoms in total. The number of carbonyl (C=O) groups excluding carboxylic acids is 1. The first kappa shape index (κ1) is 16.8. The Labute approximate surface area is 130 Å². The number of halogens is 3. The van der Waals surface area contributed by atoms with E-state index in [1.54, 1.807) is 14.0 Å². The van der Waals surface area contributed by atoms with Gasteiger partial charge in [0, 0.05) is 32.0 Å². The molecule has 0 saturated heterocycles. The van der Waals surface area contributed by atoms with Gasteiger partial charge in [0.1, 0.15) is 0 Å². The smallest absolute Gasteiger partial charge is 0.396 e. The lowest BCUT2D eigenvalue weighted by Gasteiger charge is -2.06. The lowest BCUT2D eigenvalue weighted by atomic mass is 10.3. The number of anilines is 1. The van der Waals surface area contributed by atoms with Crippen molar-refractivity contribution in [1.82, 2.24) is 24.9 Å². The number of amides is 1. The zero-order chi connectivity index (χ0) is 17.2. The summed E-state index contributed by atoms with van der Waals surface area (Å²) in [5.41, 5.74) is 5.53. The fourth-order valence-electron chi connectivity index (χ4n) is 2.07. The third kappa shape index (κ3) is 4.02. The van der Waals surface area contributed by atoms with E-state index in [-0.39, 0.29) is 24.5 Å². The molecule has 2 rings (SSSR count). The molecule has 10 heteroatoms. The van der Waals surface area contributed by atoms with Crippen LogP contribution in [0.4, 0.5) is 18.9 Å². The summed E-state index contributed by atoms with van der Waals surface area (Å²) in [7, 11) is 1.64. The first-order valence-corrected chi connectivity index (χ1v) is 6.87. The Morgan fingerprint density at radius 2 is 2.09 bits per heavy atom. The summed E-state index contributed by atoms with van der Waals surface area (Å²) in [4.78, 5) is 11.9. The molecule has 126 valence electrons. The molecule has 0 aliphatic heterocycles. The highest BCUT2D eigenvalue weighted by molar-refractivity contribution is 5.96. The molecule has 0 unspecified atom stereocenters. The molecule has 0 fully saturated rings. The number of hydrogen-bond donors (Lipinski definition) is 2. The summed E-state index contributed by atoms with van der Waals surface area (Å²) in [6.07, 6.45) is -2.51. The Bertz CT molecular complexity index is 703. The summed E-state index contributed by atoms with van der Waals surface area (Å²) in [5, 5.41) is 10.1. The fourth-order valence-corrected chi connectivity index (χ4v) is 2.07. The van der Waals surface area contributed by atoms with Crippen molar-refractivity contribution in [2.75, 3.05) is 12.3 Å². The van der Waals surface area contributed by atoms with Gasteiger partial charge in [-0.3, -0.25) is 14.2 Å². The molecule has 0 saturated carbocycles. The van der Waals surface area contributed by atoms with E-state index in [2.05, 4.69) is 15.5 Å². The monoisotopic (exact) mass is 330 g/mol. The number of carbonyl (C=O) groups is 1. The summed E-state index contributed by atoms with van der Waals surface area (Å²) in [6, 6.07) is 0.993. The van der Waals surface area contributed by atoms with Gasteiger partial charge in [0.15, 0.2) is 11.4 Å². The molecule has 23 heavy (non-hydrogen) atoms. The van der Waals surface area contributed by atoms with Gasteiger partial charge in [-0.15, -0.1) is 0 Å². The second-order valence-electron chi connectivity index (χ2n) is 5.11. The van der Waals surface area contributed by atoms with Gasteiger partial charge in [0.2, 0.25) is 0 Å². The van der Waals surface area contributed by atoms with E-state index in [0.29, 0.717) is 12.1 Å². The molecule has 0 aromatic carbocycles. The summed E-state index contributed by atoms with van der Waals surface area (Å²) in [6.45, 7) is 2.09. The molecule has 0 bridgehead atoms. The number of alkyl halides is 3. The van der Waals surface area contributed by atoms with Crippen LogP contribution in [0.5, 0.6) is 0 Å². The van der Waals surface area contributed by atoms with Crippen LogP contribution in [0.25, 0.3) is 0 Å². The number of hydrogen-bond acceptors (Lipinski definition) is 4. The Hall–Kier alpha value is -2.52. The molecule has 2 heterocycles. The third-order valence-electron chi connectivity index (χ3n) is 3.18. The van der Waals surface area contributed by atoms with Crippen LogP contribution in [0.2, 0.25) is 0 Å². The molecule has 0 aliphatic carbocycles. The van der Waals surface area contributed by atoms with Crippen LogP contribution in [0.3, 0.4) is 0 Å². The topological polar surface area (TPSA) is 90.8 Å². The maximum absolute atomic E-state index is 12.5. The van der Waals surface area contributed by atoms with E-state index >= 15 is 0 Å². The van der Waals surface area contributed by atoms with E-state index in [9.17, 15) is 18.0 Å². The van der Waals surface area contributed by atoms with Gasteiger partial charge in [-0.2, -0.15) is 23.4 Å². The van der Waals surface area contributed by atoms with Crippen molar-refractivity contribution in [3.63, 3.8) is 0 Å². The average molecular weight is 330 g/mol. The van der Waals surface area contributed by atoms with E-state index < -0.39 is 17.8 Å². The van der Waals surface area contributed by atoms with Crippen molar-refractivity contribution in [2.45, 2.75) is 26.1 Å². The Balaban J connectivity index is 1.85. The molecular weight excluding hydrogens is 313 g/mol. The van der Waals surface area contributed by atoms with E-state index in [0.717, 1.165) is 6.07 Å². The first-order valence-electron chi connectivity index (χ1n) is 6.87. The van der Waals surface area contributed by atoms with Crippen molar-refractivity contribution in [2.24, 2.45) is 7.05 Å². The quantitative estimate of drug-likeness (QED) is 0.810. The summed E-state index contributed by atoms with van der Waals surface area (Å²) < 4.78 is 40.3. The number of nitrogen functional groups attached to an aromatic ring is 1. The van der Waals surface area contributed by atoms with E-state index in [1.807, 2.05) is 0 Å². The minimum absolute atomic E-state index is 0.127. The lowest BCUT2D eigenvalue weighted by Crippen LogP contribution is -2.26. The van der Waals surface area contributed by atoms with E-state index in [4.69, 9.17) is 5.73 Å². The number of nitrogens with two attached hydrogens (primary N) is 1. The normalized spacial score (nSPS) is 11.7.